The SMILES string of the molecule is CC(C)N(CC(=O)O)c1ncccc1F. The van der Waals surface area contributed by atoms with Gasteiger partial charge in [0, 0.05) is 12.2 Å². The van der Waals surface area contributed by atoms with Gasteiger partial charge in [0.2, 0.25) is 0 Å². The van der Waals surface area contributed by atoms with Gasteiger partial charge in [-0.25, -0.2) is 9.37 Å². The topological polar surface area (TPSA) is 53.4 Å². The Balaban J connectivity index is 2.99. The lowest BCUT2D eigenvalue weighted by Gasteiger charge is -2.25. The van der Waals surface area contributed by atoms with Crippen LogP contribution in [0.3, 0.4) is 0 Å². The van der Waals surface area contributed by atoms with Crippen molar-refractivity contribution < 1.29 is 14.3 Å². The van der Waals surface area contributed by atoms with Gasteiger partial charge < -0.3 is 10.0 Å². The van der Waals surface area contributed by atoms with Crippen LogP contribution < -0.4 is 4.90 Å². The normalized spacial score (nSPS) is 10.4. The minimum atomic E-state index is -1.01. The molecule has 0 atom stereocenters. The average molecular weight is 212 g/mol. The Morgan fingerprint density at radius 3 is 2.80 bits per heavy atom. The van der Waals surface area contributed by atoms with Gasteiger partial charge in [0.15, 0.2) is 11.6 Å². The molecule has 0 aliphatic carbocycles. The van der Waals surface area contributed by atoms with E-state index in [2.05, 4.69) is 4.98 Å². The van der Waals surface area contributed by atoms with Crippen LogP contribution in [0.4, 0.5) is 10.2 Å². The van der Waals surface area contributed by atoms with Crippen molar-refractivity contribution in [2.45, 2.75) is 19.9 Å². The Labute approximate surface area is 87.4 Å². The zero-order valence-corrected chi connectivity index (χ0v) is 8.64. The van der Waals surface area contributed by atoms with Gasteiger partial charge in [-0.3, -0.25) is 4.79 Å². The number of hydrogen-bond acceptors (Lipinski definition) is 3. The minimum Gasteiger partial charge on any atom is -0.480 e. The Morgan fingerprint density at radius 1 is 1.67 bits per heavy atom. The maximum atomic E-state index is 13.4. The van der Waals surface area contributed by atoms with E-state index in [0.29, 0.717) is 0 Å². The molecule has 0 radical (unpaired) electrons. The van der Waals surface area contributed by atoms with Gasteiger partial charge in [-0.1, -0.05) is 0 Å². The predicted octanol–water partition coefficient (Wildman–Crippen LogP) is 1.52. The van der Waals surface area contributed by atoms with E-state index in [9.17, 15) is 9.18 Å². The molecule has 4 nitrogen and oxygen atoms in total. The molecule has 1 aromatic heterocycles. The molecule has 0 aromatic carbocycles. The van der Waals surface area contributed by atoms with E-state index in [4.69, 9.17) is 5.11 Å². The number of aliphatic carboxylic acids is 1. The van der Waals surface area contributed by atoms with Crippen molar-refractivity contribution in [2.24, 2.45) is 0 Å². The van der Waals surface area contributed by atoms with Crippen LogP contribution in [0, 0.1) is 5.82 Å². The number of halogens is 1. The summed E-state index contributed by atoms with van der Waals surface area (Å²) >= 11 is 0. The minimum absolute atomic E-state index is 0.0786. The molecule has 0 bridgehead atoms. The fourth-order valence-corrected chi connectivity index (χ4v) is 1.24. The molecular weight excluding hydrogens is 199 g/mol. The fourth-order valence-electron chi connectivity index (χ4n) is 1.24. The summed E-state index contributed by atoms with van der Waals surface area (Å²) in [6.07, 6.45) is 1.44. The first-order chi connectivity index (χ1) is 7.02. The molecule has 0 unspecified atom stereocenters. The van der Waals surface area contributed by atoms with Crippen LogP contribution in [0.15, 0.2) is 18.3 Å². The van der Waals surface area contributed by atoms with Gasteiger partial charge in [-0.15, -0.1) is 0 Å². The zero-order valence-electron chi connectivity index (χ0n) is 8.64. The molecule has 0 amide bonds. The van der Waals surface area contributed by atoms with Crippen molar-refractivity contribution in [1.82, 2.24) is 4.98 Å². The molecular formula is C10H13FN2O2. The highest BCUT2D eigenvalue weighted by Gasteiger charge is 2.18. The Bertz CT molecular complexity index is 355. The smallest absolute Gasteiger partial charge is 0.323 e. The molecule has 1 aromatic rings. The molecule has 0 saturated heterocycles. The summed E-state index contributed by atoms with van der Waals surface area (Å²) in [6, 6.07) is 2.61. The van der Waals surface area contributed by atoms with Crippen molar-refractivity contribution >= 4 is 11.8 Å². The number of carboxylic acids is 1. The van der Waals surface area contributed by atoms with Crippen LogP contribution >= 0.6 is 0 Å². The number of nitrogens with zero attached hydrogens (tertiary/aromatic N) is 2. The van der Waals surface area contributed by atoms with Crippen molar-refractivity contribution in [2.75, 3.05) is 11.4 Å². The average Bonchev–Trinajstić information content (AvgIpc) is 2.15. The first kappa shape index (κ1) is 11.4. The summed E-state index contributed by atoms with van der Waals surface area (Å²) < 4.78 is 13.4. The van der Waals surface area contributed by atoms with Crippen LogP contribution in [0.25, 0.3) is 0 Å². The molecule has 0 saturated carbocycles. The molecule has 0 aliphatic rings. The van der Waals surface area contributed by atoms with Crippen molar-refractivity contribution in [3.8, 4) is 0 Å². The zero-order chi connectivity index (χ0) is 11.4. The monoisotopic (exact) mass is 212 g/mol. The molecule has 1 rings (SSSR count). The summed E-state index contributed by atoms with van der Waals surface area (Å²) in [7, 11) is 0. The first-order valence-electron chi connectivity index (χ1n) is 4.61. The Hall–Kier alpha value is -1.65. The lowest BCUT2D eigenvalue weighted by atomic mass is 10.3. The number of rotatable bonds is 4. The number of carbonyl (C=O) groups is 1. The van der Waals surface area contributed by atoms with Crippen molar-refractivity contribution in [1.29, 1.82) is 0 Å². The number of aromatic nitrogens is 1. The summed E-state index contributed by atoms with van der Waals surface area (Å²) in [5.74, 6) is -1.43. The van der Waals surface area contributed by atoms with Gasteiger partial charge in [-0.2, -0.15) is 0 Å². The van der Waals surface area contributed by atoms with E-state index in [0.717, 1.165) is 0 Å². The van der Waals surface area contributed by atoms with Gasteiger partial charge in [0.25, 0.3) is 0 Å². The van der Waals surface area contributed by atoms with E-state index in [1.54, 1.807) is 13.8 Å². The van der Waals surface area contributed by atoms with Gasteiger partial charge in [0.1, 0.15) is 6.54 Å². The molecule has 0 aliphatic heterocycles. The van der Waals surface area contributed by atoms with Crippen LogP contribution in [0.1, 0.15) is 13.8 Å². The highest BCUT2D eigenvalue weighted by Crippen LogP contribution is 2.17. The third kappa shape index (κ3) is 2.90. The summed E-state index contributed by atoms with van der Waals surface area (Å²) in [5.41, 5.74) is 0. The largest absolute Gasteiger partial charge is 0.480 e. The second-order valence-corrected chi connectivity index (χ2v) is 3.42. The molecule has 5 heteroatoms. The number of carboxylic acid groups (broad SMARTS) is 1. The summed E-state index contributed by atoms with van der Waals surface area (Å²) in [5, 5.41) is 8.69. The maximum Gasteiger partial charge on any atom is 0.323 e. The van der Waals surface area contributed by atoms with Crippen molar-refractivity contribution in [3.05, 3.63) is 24.1 Å². The molecule has 1 N–H and O–H groups in total. The highest BCUT2D eigenvalue weighted by molar-refractivity contribution is 5.73. The second-order valence-electron chi connectivity index (χ2n) is 3.42. The third-order valence-electron chi connectivity index (χ3n) is 1.94. The molecule has 82 valence electrons. The predicted molar refractivity (Wildman–Crippen MR) is 54.3 cm³/mol. The lowest BCUT2D eigenvalue weighted by molar-refractivity contribution is -0.135. The van der Waals surface area contributed by atoms with Crippen LogP contribution in [-0.2, 0) is 4.79 Å². The first-order valence-corrected chi connectivity index (χ1v) is 4.61. The number of hydrogen-bond donors (Lipinski definition) is 1. The van der Waals surface area contributed by atoms with Crippen LogP contribution in [0.2, 0.25) is 0 Å². The molecule has 1 heterocycles. The maximum absolute atomic E-state index is 13.4. The number of anilines is 1. The molecule has 0 fully saturated rings. The quantitative estimate of drug-likeness (QED) is 0.822. The summed E-state index contributed by atoms with van der Waals surface area (Å²) in [4.78, 5) is 15.8. The van der Waals surface area contributed by atoms with Gasteiger partial charge in [-0.05, 0) is 26.0 Å². The van der Waals surface area contributed by atoms with Crippen molar-refractivity contribution in [3.63, 3.8) is 0 Å². The van der Waals surface area contributed by atoms with Gasteiger partial charge >= 0.3 is 5.97 Å². The highest BCUT2D eigenvalue weighted by atomic mass is 19.1. The number of pyridine rings is 1. The summed E-state index contributed by atoms with van der Waals surface area (Å²) in [6.45, 7) is 3.32. The van der Waals surface area contributed by atoms with E-state index in [1.165, 1.54) is 23.2 Å². The molecule has 15 heavy (non-hydrogen) atoms. The standard InChI is InChI=1S/C10H13FN2O2/c1-7(2)13(6-9(14)15)10-8(11)4-3-5-12-10/h3-5,7H,6H2,1-2H3,(H,14,15). The van der Waals surface area contributed by atoms with E-state index < -0.39 is 11.8 Å². The Kier molecular flexibility index (Phi) is 3.60. The molecule has 0 spiro atoms. The third-order valence-corrected chi connectivity index (χ3v) is 1.94. The van der Waals surface area contributed by atoms with E-state index >= 15 is 0 Å². The fraction of sp³-hybridized carbons (Fsp3) is 0.400. The lowest BCUT2D eigenvalue weighted by Crippen LogP contribution is -2.36. The second kappa shape index (κ2) is 4.72. The van der Waals surface area contributed by atoms with E-state index in [1.807, 2.05) is 0 Å². The Morgan fingerprint density at radius 2 is 2.33 bits per heavy atom. The van der Waals surface area contributed by atoms with E-state index in [-0.39, 0.29) is 18.4 Å². The van der Waals surface area contributed by atoms with Crippen LogP contribution in [0.5, 0.6) is 0 Å². The van der Waals surface area contributed by atoms with Gasteiger partial charge in [0.05, 0.1) is 0 Å². The van der Waals surface area contributed by atoms with Crippen LogP contribution in [-0.4, -0.2) is 28.6 Å².